The molecule has 0 heterocycles. The Morgan fingerprint density at radius 2 is 2.05 bits per heavy atom. The second-order valence-electron chi connectivity index (χ2n) is 3.92. The third-order valence-electron chi connectivity index (χ3n) is 2.59. The van der Waals surface area contributed by atoms with Crippen molar-refractivity contribution >= 4 is 33.2 Å². The van der Waals surface area contributed by atoms with Crippen LogP contribution < -0.4 is 10.5 Å². The van der Waals surface area contributed by atoms with E-state index in [1.54, 1.807) is 30.3 Å². The number of halogens is 2. The largest absolute Gasteiger partial charge is 0.454 e. The van der Waals surface area contributed by atoms with Crippen LogP contribution in [-0.4, -0.2) is 4.92 Å². The van der Waals surface area contributed by atoms with Gasteiger partial charge in [-0.05, 0) is 39.7 Å². The number of nitrogens with zero attached hydrogens (tertiary/aromatic N) is 1. The summed E-state index contributed by atoms with van der Waals surface area (Å²) in [5, 5.41) is 11.3. The molecule has 0 aliphatic rings. The average molecular weight is 358 g/mol. The zero-order valence-corrected chi connectivity index (χ0v) is 12.5. The Kier molecular flexibility index (Phi) is 4.59. The second kappa shape index (κ2) is 6.21. The molecule has 0 bridgehead atoms. The molecule has 104 valence electrons. The molecule has 0 amide bonds. The van der Waals surface area contributed by atoms with E-state index >= 15 is 0 Å². The van der Waals surface area contributed by atoms with E-state index in [1.807, 2.05) is 0 Å². The van der Waals surface area contributed by atoms with Crippen LogP contribution in [0.2, 0.25) is 5.02 Å². The standard InChI is InChI=1S/C13H10BrClN2O3/c14-13-10(17(18)19)2-1-3-12(13)20-11-5-4-8(7-16)6-9(11)15/h1-6H,7,16H2. The van der Waals surface area contributed by atoms with Crippen molar-refractivity contribution in [2.75, 3.05) is 0 Å². The summed E-state index contributed by atoms with van der Waals surface area (Å²) in [6.07, 6.45) is 0. The van der Waals surface area contributed by atoms with Gasteiger partial charge in [-0.15, -0.1) is 0 Å². The summed E-state index contributed by atoms with van der Waals surface area (Å²) in [5.74, 6) is 0.728. The second-order valence-corrected chi connectivity index (χ2v) is 5.12. The van der Waals surface area contributed by atoms with E-state index < -0.39 is 4.92 Å². The minimum absolute atomic E-state index is 0.0720. The lowest BCUT2D eigenvalue weighted by molar-refractivity contribution is -0.385. The zero-order valence-electron chi connectivity index (χ0n) is 10.2. The lowest BCUT2D eigenvalue weighted by atomic mass is 10.2. The number of hydrogen-bond acceptors (Lipinski definition) is 4. The van der Waals surface area contributed by atoms with Gasteiger partial charge in [-0.2, -0.15) is 0 Å². The number of rotatable bonds is 4. The molecule has 0 atom stereocenters. The number of benzene rings is 2. The van der Waals surface area contributed by atoms with Gasteiger partial charge < -0.3 is 10.5 Å². The van der Waals surface area contributed by atoms with Crippen LogP contribution in [0, 0.1) is 10.1 Å². The summed E-state index contributed by atoms with van der Waals surface area (Å²) in [6.45, 7) is 0.375. The molecule has 20 heavy (non-hydrogen) atoms. The minimum Gasteiger partial charge on any atom is -0.454 e. The number of nitro groups is 1. The van der Waals surface area contributed by atoms with Gasteiger partial charge in [0, 0.05) is 12.6 Å². The lowest BCUT2D eigenvalue weighted by Gasteiger charge is -2.10. The molecule has 0 aromatic heterocycles. The monoisotopic (exact) mass is 356 g/mol. The Hall–Kier alpha value is -1.63. The van der Waals surface area contributed by atoms with E-state index in [9.17, 15) is 10.1 Å². The maximum atomic E-state index is 10.9. The third kappa shape index (κ3) is 3.09. The summed E-state index contributed by atoms with van der Waals surface area (Å²) >= 11 is 9.25. The molecule has 0 saturated heterocycles. The summed E-state index contributed by atoms with van der Waals surface area (Å²) in [7, 11) is 0. The fraction of sp³-hybridized carbons (Fsp3) is 0.0769. The molecule has 2 aromatic rings. The molecular weight excluding hydrogens is 348 g/mol. The van der Waals surface area contributed by atoms with Crippen molar-refractivity contribution in [1.29, 1.82) is 0 Å². The van der Waals surface area contributed by atoms with Crippen LogP contribution in [0.15, 0.2) is 40.9 Å². The molecule has 5 nitrogen and oxygen atoms in total. The van der Waals surface area contributed by atoms with Gasteiger partial charge in [-0.1, -0.05) is 23.7 Å². The van der Waals surface area contributed by atoms with Gasteiger partial charge in [0.15, 0.2) is 0 Å². The molecule has 0 radical (unpaired) electrons. The van der Waals surface area contributed by atoms with Crippen molar-refractivity contribution in [3.05, 3.63) is 61.6 Å². The van der Waals surface area contributed by atoms with E-state index in [1.165, 1.54) is 6.07 Å². The predicted molar refractivity (Wildman–Crippen MR) is 80.2 cm³/mol. The smallest absolute Gasteiger partial charge is 0.287 e. The van der Waals surface area contributed by atoms with Gasteiger partial charge in [0.05, 0.1) is 9.95 Å². The normalized spacial score (nSPS) is 10.3. The highest BCUT2D eigenvalue weighted by atomic mass is 79.9. The number of hydrogen-bond donors (Lipinski definition) is 1. The van der Waals surface area contributed by atoms with Gasteiger partial charge in [-0.25, -0.2) is 0 Å². The molecule has 2 N–H and O–H groups in total. The van der Waals surface area contributed by atoms with E-state index in [4.69, 9.17) is 22.1 Å². The van der Waals surface area contributed by atoms with E-state index in [0.717, 1.165) is 5.56 Å². The maximum absolute atomic E-state index is 10.9. The molecule has 0 saturated carbocycles. The van der Waals surface area contributed by atoms with Gasteiger partial charge >= 0.3 is 0 Å². The van der Waals surface area contributed by atoms with Crippen molar-refractivity contribution in [3.63, 3.8) is 0 Å². The van der Waals surface area contributed by atoms with Crippen LogP contribution in [0.25, 0.3) is 0 Å². The molecule has 2 rings (SSSR count). The van der Waals surface area contributed by atoms with Crippen LogP contribution in [0.4, 0.5) is 5.69 Å². The number of nitro benzene ring substituents is 1. The van der Waals surface area contributed by atoms with Crippen molar-refractivity contribution in [3.8, 4) is 11.5 Å². The average Bonchev–Trinajstić information content (AvgIpc) is 2.42. The van der Waals surface area contributed by atoms with E-state index in [0.29, 0.717) is 23.1 Å². The SMILES string of the molecule is NCc1ccc(Oc2cccc([N+](=O)[O-])c2Br)c(Cl)c1. The van der Waals surface area contributed by atoms with Crippen molar-refractivity contribution < 1.29 is 9.66 Å². The fourth-order valence-electron chi connectivity index (χ4n) is 1.59. The first-order chi connectivity index (χ1) is 9.52. The Labute approximate surface area is 128 Å². The first kappa shape index (κ1) is 14.8. The summed E-state index contributed by atoms with van der Waals surface area (Å²) in [4.78, 5) is 10.4. The Bertz CT molecular complexity index is 664. The van der Waals surface area contributed by atoms with Crippen LogP contribution >= 0.6 is 27.5 Å². The van der Waals surface area contributed by atoms with E-state index in [2.05, 4.69) is 15.9 Å². The van der Waals surface area contributed by atoms with Crippen LogP contribution in [-0.2, 0) is 6.54 Å². The van der Waals surface area contributed by atoms with Gasteiger partial charge in [0.2, 0.25) is 0 Å². The zero-order chi connectivity index (χ0) is 14.7. The highest BCUT2D eigenvalue weighted by Gasteiger charge is 2.17. The van der Waals surface area contributed by atoms with Gasteiger partial charge in [-0.3, -0.25) is 10.1 Å². The quantitative estimate of drug-likeness (QED) is 0.655. The topological polar surface area (TPSA) is 78.4 Å². The highest BCUT2D eigenvalue weighted by molar-refractivity contribution is 9.10. The van der Waals surface area contributed by atoms with Crippen LogP contribution in [0.1, 0.15) is 5.56 Å². The molecule has 0 spiro atoms. The predicted octanol–water partition coefficient (Wildman–Crippen LogP) is 4.26. The van der Waals surface area contributed by atoms with Crippen LogP contribution in [0.3, 0.4) is 0 Å². The molecule has 0 fully saturated rings. The number of ether oxygens (including phenoxy) is 1. The first-order valence-corrected chi connectivity index (χ1v) is 6.79. The van der Waals surface area contributed by atoms with Crippen molar-refractivity contribution in [2.24, 2.45) is 5.73 Å². The van der Waals surface area contributed by atoms with Gasteiger partial charge in [0.25, 0.3) is 5.69 Å². The summed E-state index contributed by atoms with van der Waals surface area (Å²) < 4.78 is 5.87. The minimum atomic E-state index is -0.490. The summed E-state index contributed by atoms with van der Waals surface area (Å²) in [5.41, 5.74) is 6.32. The molecule has 0 aliphatic heterocycles. The van der Waals surface area contributed by atoms with Gasteiger partial charge in [0.1, 0.15) is 16.0 Å². The van der Waals surface area contributed by atoms with Crippen molar-refractivity contribution in [1.82, 2.24) is 0 Å². The molecular formula is C13H10BrClN2O3. The molecule has 7 heteroatoms. The Morgan fingerprint density at radius 1 is 1.30 bits per heavy atom. The number of nitrogens with two attached hydrogens (primary N) is 1. The Balaban J connectivity index is 2.35. The van der Waals surface area contributed by atoms with Crippen molar-refractivity contribution in [2.45, 2.75) is 6.54 Å². The first-order valence-electron chi connectivity index (χ1n) is 5.62. The van der Waals surface area contributed by atoms with E-state index in [-0.39, 0.29) is 10.2 Å². The van der Waals surface area contributed by atoms with Crippen LogP contribution in [0.5, 0.6) is 11.5 Å². The Morgan fingerprint density at radius 3 is 2.65 bits per heavy atom. The highest BCUT2D eigenvalue weighted by Crippen LogP contribution is 2.38. The third-order valence-corrected chi connectivity index (χ3v) is 3.68. The maximum Gasteiger partial charge on any atom is 0.287 e. The lowest BCUT2D eigenvalue weighted by Crippen LogP contribution is -1.96. The summed E-state index contributed by atoms with van der Waals surface area (Å²) in [6, 6.07) is 9.70. The molecule has 0 aliphatic carbocycles. The molecule has 0 unspecified atom stereocenters. The fourth-order valence-corrected chi connectivity index (χ4v) is 2.32. The molecule has 2 aromatic carbocycles.